The summed E-state index contributed by atoms with van der Waals surface area (Å²) in [6.45, 7) is 0. The molecule has 2 heterocycles. The van der Waals surface area contributed by atoms with Crippen LogP contribution in [-0.2, 0) is 0 Å². The Labute approximate surface area is 65.3 Å². The Morgan fingerprint density at radius 2 is 1.91 bits per heavy atom. The molecule has 1 aliphatic heterocycles. The van der Waals surface area contributed by atoms with Gasteiger partial charge in [-0.25, -0.2) is 0 Å². The molecule has 0 aliphatic carbocycles. The van der Waals surface area contributed by atoms with Gasteiger partial charge in [0, 0.05) is 30.4 Å². The number of hydrogen-bond donors (Lipinski definition) is 0. The molecule has 0 spiro atoms. The van der Waals surface area contributed by atoms with Gasteiger partial charge in [0.25, 0.3) is 0 Å². The van der Waals surface area contributed by atoms with Gasteiger partial charge in [0.15, 0.2) is 0 Å². The zero-order valence-corrected chi connectivity index (χ0v) is 5.94. The Morgan fingerprint density at radius 3 is 2.55 bits per heavy atom. The van der Waals surface area contributed by atoms with Crippen LogP contribution >= 0.6 is 0 Å². The maximum Gasteiger partial charge on any atom is 0.0346 e. The Kier molecular flexibility index (Phi) is 1.44. The fourth-order valence-electron chi connectivity index (χ4n) is 1.00. The topological polar surface area (TPSA) is 27.0 Å². The molecule has 0 bridgehead atoms. The monoisotopic (exact) mass is 143 g/mol. The number of pyridine rings is 1. The molecule has 0 amide bonds. The number of allylic oxidation sites excluding steroid dienone is 2. The highest BCUT2D eigenvalue weighted by Gasteiger charge is 1.99. The predicted octanol–water partition coefficient (Wildman–Crippen LogP) is 1.55. The second kappa shape index (κ2) is 2.58. The van der Waals surface area contributed by atoms with Gasteiger partial charge in [0.1, 0.15) is 0 Å². The Bertz CT molecular complexity index is 299. The molecule has 2 nitrogen and oxygen atoms in total. The third-order valence-corrected chi connectivity index (χ3v) is 1.57. The minimum atomic E-state index is 1.15. The van der Waals surface area contributed by atoms with E-state index in [0.717, 1.165) is 11.1 Å². The van der Waals surface area contributed by atoms with Crippen molar-refractivity contribution in [3.63, 3.8) is 0 Å². The van der Waals surface area contributed by atoms with Gasteiger partial charge in [-0.1, -0.05) is 0 Å². The molecule has 2 heteroatoms. The Hall–Kier alpha value is -1.57. The SMILES string of the molecule is C1=CC(c2ccncc2)=C[N]1. The van der Waals surface area contributed by atoms with Crippen molar-refractivity contribution in [3.05, 3.63) is 48.6 Å². The minimum absolute atomic E-state index is 1.15. The first kappa shape index (κ1) is 6.16. The van der Waals surface area contributed by atoms with Crippen LogP contribution in [0.1, 0.15) is 5.56 Å². The van der Waals surface area contributed by atoms with E-state index in [1.54, 1.807) is 18.6 Å². The van der Waals surface area contributed by atoms with Gasteiger partial charge in [0.2, 0.25) is 0 Å². The quantitative estimate of drug-likeness (QED) is 0.586. The number of aromatic nitrogens is 1. The Morgan fingerprint density at radius 1 is 1.09 bits per heavy atom. The summed E-state index contributed by atoms with van der Waals surface area (Å²) < 4.78 is 0. The number of hydrogen-bond acceptors (Lipinski definition) is 1. The summed E-state index contributed by atoms with van der Waals surface area (Å²) in [6, 6.07) is 3.94. The van der Waals surface area contributed by atoms with Gasteiger partial charge in [-0.2, -0.15) is 0 Å². The highest BCUT2D eigenvalue weighted by molar-refractivity contribution is 5.75. The summed E-state index contributed by atoms with van der Waals surface area (Å²) in [5, 5.41) is 3.98. The lowest BCUT2D eigenvalue weighted by atomic mass is 10.1. The lowest BCUT2D eigenvalue weighted by molar-refractivity contribution is 1.21. The molecule has 1 aliphatic rings. The zero-order chi connectivity index (χ0) is 7.52. The maximum atomic E-state index is 3.98. The number of rotatable bonds is 1. The lowest BCUT2D eigenvalue weighted by Gasteiger charge is -1.95. The summed E-state index contributed by atoms with van der Waals surface area (Å²) in [6.07, 6.45) is 9.17. The van der Waals surface area contributed by atoms with E-state index < -0.39 is 0 Å². The van der Waals surface area contributed by atoms with E-state index in [4.69, 9.17) is 0 Å². The van der Waals surface area contributed by atoms with E-state index in [0.29, 0.717) is 0 Å². The molecule has 0 saturated carbocycles. The summed E-state index contributed by atoms with van der Waals surface area (Å²) in [5.41, 5.74) is 2.31. The second-order valence-electron chi connectivity index (χ2n) is 2.29. The van der Waals surface area contributed by atoms with Crippen molar-refractivity contribution in [2.45, 2.75) is 0 Å². The second-order valence-corrected chi connectivity index (χ2v) is 2.29. The van der Waals surface area contributed by atoms with E-state index in [-0.39, 0.29) is 0 Å². The molecule has 0 atom stereocenters. The van der Waals surface area contributed by atoms with Gasteiger partial charge in [0.05, 0.1) is 0 Å². The predicted molar refractivity (Wildman–Crippen MR) is 43.5 cm³/mol. The third-order valence-electron chi connectivity index (χ3n) is 1.57. The first-order valence-electron chi connectivity index (χ1n) is 3.44. The van der Waals surface area contributed by atoms with Gasteiger partial charge in [-0.15, -0.1) is 0 Å². The smallest absolute Gasteiger partial charge is 0.0346 e. The largest absolute Gasteiger partial charge is 0.265 e. The average molecular weight is 143 g/mol. The summed E-state index contributed by atoms with van der Waals surface area (Å²) >= 11 is 0. The van der Waals surface area contributed by atoms with Crippen molar-refractivity contribution in [1.82, 2.24) is 10.3 Å². The fraction of sp³-hybridized carbons (Fsp3) is 0. The minimum Gasteiger partial charge on any atom is -0.265 e. The molecule has 0 unspecified atom stereocenters. The maximum absolute atomic E-state index is 3.98. The van der Waals surface area contributed by atoms with Crippen LogP contribution in [-0.4, -0.2) is 4.98 Å². The Balaban J connectivity index is 2.37. The molecular weight excluding hydrogens is 136 g/mol. The molecule has 2 rings (SSSR count). The zero-order valence-electron chi connectivity index (χ0n) is 5.94. The van der Waals surface area contributed by atoms with Gasteiger partial charge in [-0.3, -0.25) is 10.3 Å². The summed E-state index contributed by atoms with van der Waals surface area (Å²) in [5.74, 6) is 0. The van der Waals surface area contributed by atoms with Gasteiger partial charge < -0.3 is 0 Å². The van der Waals surface area contributed by atoms with Gasteiger partial charge >= 0.3 is 0 Å². The van der Waals surface area contributed by atoms with E-state index in [1.807, 2.05) is 24.4 Å². The molecule has 0 saturated heterocycles. The molecule has 0 N–H and O–H groups in total. The van der Waals surface area contributed by atoms with Crippen LogP contribution in [0.4, 0.5) is 0 Å². The van der Waals surface area contributed by atoms with E-state index in [2.05, 4.69) is 10.3 Å². The fourth-order valence-corrected chi connectivity index (χ4v) is 1.00. The lowest BCUT2D eigenvalue weighted by Crippen LogP contribution is -1.79. The third kappa shape index (κ3) is 1.15. The van der Waals surface area contributed by atoms with E-state index in [1.165, 1.54) is 0 Å². The highest BCUT2D eigenvalue weighted by atomic mass is 14.8. The van der Waals surface area contributed by atoms with Crippen molar-refractivity contribution in [2.24, 2.45) is 0 Å². The molecule has 53 valence electrons. The van der Waals surface area contributed by atoms with Crippen LogP contribution < -0.4 is 5.32 Å². The van der Waals surface area contributed by atoms with Crippen LogP contribution in [0.15, 0.2) is 43.0 Å². The molecule has 1 aromatic heterocycles. The summed E-state index contributed by atoms with van der Waals surface area (Å²) in [4.78, 5) is 3.93. The van der Waals surface area contributed by atoms with Crippen molar-refractivity contribution < 1.29 is 0 Å². The molecule has 0 aromatic carbocycles. The average Bonchev–Trinajstić information content (AvgIpc) is 2.58. The first-order chi connectivity index (χ1) is 5.47. The highest BCUT2D eigenvalue weighted by Crippen LogP contribution is 2.16. The molecule has 1 radical (unpaired) electrons. The van der Waals surface area contributed by atoms with E-state index >= 15 is 0 Å². The molecule has 0 fully saturated rings. The van der Waals surface area contributed by atoms with E-state index in [9.17, 15) is 0 Å². The van der Waals surface area contributed by atoms with Crippen LogP contribution in [0.2, 0.25) is 0 Å². The van der Waals surface area contributed by atoms with Crippen LogP contribution in [0.25, 0.3) is 5.57 Å². The standard InChI is InChI=1S/C9H7N2/c1-4-10-5-2-8(1)9-3-6-11-7-9/h1-7H. The first-order valence-corrected chi connectivity index (χ1v) is 3.44. The molecule has 1 aromatic rings. The van der Waals surface area contributed by atoms with Crippen LogP contribution in [0, 0.1) is 0 Å². The normalized spacial score (nSPS) is 14.4. The van der Waals surface area contributed by atoms with Gasteiger partial charge in [-0.05, 0) is 23.8 Å². The van der Waals surface area contributed by atoms with Crippen molar-refractivity contribution >= 4 is 5.57 Å². The van der Waals surface area contributed by atoms with Crippen LogP contribution in [0.5, 0.6) is 0 Å². The van der Waals surface area contributed by atoms with Crippen molar-refractivity contribution in [3.8, 4) is 0 Å². The summed E-state index contributed by atoms with van der Waals surface area (Å²) in [7, 11) is 0. The molecule has 11 heavy (non-hydrogen) atoms. The number of nitrogens with zero attached hydrogens (tertiary/aromatic N) is 2. The van der Waals surface area contributed by atoms with Crippen LogP contribution in [0.3, 0.4) is 0 Å². The molecular formula is C9H7N2. The van der Waals surface area contributed by atoms with Crippen molar-refractivity contribution in [2.75, 3.05) is 0 Å². The van der Waals surface area contributed by atoms with Crippen molar-refractivity contribution in [1.29, 1.82) is 0 Å².